The summed E-state index contributed by atoms with van der Waals surface area (Å²) in [6.07, 6.45) is 5.37. The first-order valence-electron chi connectivity index (χ1n) is 8.44. The Bertz CT molecular complexity index is 603. The molecule has 1 aromatic rings. The molecule has 0 aromatic carbocycles. The Morgan fingerprint density at radius 2 is 2.22 bits per heavy atom. The van der Waals surface area contributed by atoms with Crippen LogP contribution in [0, 0.1) is 11.8 Å². The minimum atomic E-state index is -0.382. The lowest BCUT2D eigenvalue weighted by Crippen LogP contribution is -2.61. The summed E-state index contributed by atoms with van der Waals surface area (Å²) in [5.74, 6) is 1.19. The van der Waals surface area contributed by atoms with E-state index in [9.17, 15) is 9.59 Å². The number of rotatable bonds is 2. The smallest absolute Gasteiger partial charge is 0.247 e. The summed E-state index contributed by atoms with van der Waals surface area (Å²) in [4.78, 5) is 29.0. The zero-order chi connectivity index (χ0) is 16.0. The van der Waals surface area contributed by atoms with Crippen molar-refractivity contribution in [2.75, 3.05) is 19.6 Å². The van der Waals surface area contributed by atoms with Crippen LogP contribution >= 0.6 is 0 Å². The lowest BCUT2D eigenvalue weighted by molar-refractivity contribution is -0.150. The summed E-state index contributed by atoms with van der Waals surface area (Å²) in [7, 11) is 0. The number of tetrazole rings is 1. The Balaban J connectivity index is 1.49. The Kier molecular flexibility index (Phi) is 3.54. The van der Waals surface area contributed by atoms with Gasteiger partial charge >= 0.3 is 0 Å². The highest BCUT2D eigenvalue weighted by Crippen LogP contribution is 2.38. The summed E-state index contributed by atoms with van der Waals surface area (Å²) in [6, 6.07) is -0.0561. The van der Waals surface area contributed by atoms with Gasteiger partial charge in [0.25, 0.3) is 0 Å². The maximum Gasteiger partial charge on any atom is 0.247 e. The van der Waals surface area contributed by atoms with Crippen molar-refractivity contribution in [3.05, 3.63) is 6.33 Å². The predicted octanol–water partition coefficient (Wildman–Crippen LogP) is 0.0935. The minimum absolute atomic E-state index is 0.0718. The Morgan fingerprint density at radius 1 is 1.35 bits per heavy atom. The minimum Gasteiger partial charge on any atom is -0.340 e. The fraction of sp³-hybridized carbons (Fsp3) is 0.800. The van der Waals surface area contributed by atoms with Crippen LogP contribution in [0.5, 0.6) is 0 Å². The number of nitrogens with zero attached hydrogens (tertiary/aromatic N) is 6. The van der Waals surface area contributed by atoms with Gasteiger partial charge in [0.2, 0.25) is 11.8 Å². The highest BCUT2D eigenvalue weighted by molar-refractivity contribution is 5.80. The number of carbonyl (C=O) groups is 2. The van der Waals surface area contributed by atoms with E-state index < -0.39 is 0 Å². The molecule has 4 heterocycles. The van der Waals surface area contributed by atoms with Crippen molar-refractivity contribution in [3.8, 4) is 0 Å². The first kappa shape index (κ1) is 14.6. The van der Waals surface area contributed by atoms with E-state index >= 15 is 0 Å². The molecule has 4 rings (SSSR count). The second-order valence-corrected chi connectivity index (χ2v) is 7.08. The van der Waals surface area contributed by atoms with E-state index in [1.54, 1.807) is 0 Å². The molecule has 3 aliphatic rings. The van der Waals surface area contributed by atoms with Gasteiger partial charge in [0.05, 0.1) is 0 Å². The van der Waals surface area contributed by atoms with E-state index in [0.29, 0.717) is 30.2 Å². The first-order chi connectivity index (χ1) is 11.1. The summed E-state index contributed by atoms with van der Waals surface area (Å²) in [5.41, 5.74) is 0. The van der Waals surface area contributed by atoms with Gasteiger partial charge in [-0.3, -0.25) is 9.59 Å². The molecule has 0 saturated carbocycles. The van der Waals surface area contributed by atoms with E-state index in [4.69, 9.17) is 0 Å². The van der Waals surface area contributed by atoms with Crippen molar-refractivity contribution < 1.29 is 9.59 Å². The highest BCUT2D eigenvalue weighted by atomic mass is 16.2. The van der Waals surface area contributed by atoms with Crippen LogP contribution in [0.1, 0.15) is 38.6 Å². The monoisotopic (exact) mass is 318 g/mol. The molecule has 1 aromatic heterocycles. The molecule has 3 fully saturated rings. The second-order valence-electron chi connectivity index (χ2n) is 7.08. The standard InChI is InChI=1S/C15H22N6O2/c1-10(21-9-16-17-18-21)15(23)19-6-11-5-12(8-19)13-3-2-4-14(22)20(13)7-11/h9-13H,2-8H2,1H3/t10-,11+,12-,13-/m0/s1. The molecule has 0 N–H and O–H groups in total. The predicted molar refractivity (Wildman–Crippen MR) is 80.1 cm³/mol. The molecule has 0 radical (unpaired) electrons. The van der Waals surface area contributed by atoms with E-state index in [2.05, 4.69) is 20.4 Å². The quantitative estimate of drug-likeness (QED) is 0.772. The van der Waals surface area contributed by atoms with Crippen molar-refractivity contribution in [3.63, 3.8) is 0 Å². The van der Waals surface area contributed by atoms with Gasteiger partial charge in [-0.1, -0.05) is 0 Å². The van der Waals surface area contributed by atoms with E-state index in [1.165, 1.54) is 11.0 Å². The maximum atomic E-state index is 12.8. The molecule has 3 saturated heterocycles. The highest BCUT2D eigenvalue weighted by Gasteiger charge is 2.45. The Hall–Kier alpha value is -1.99. The van der Waals surface area contributed by atoms with Crippen LogP contribution in [-0.4, -0.2) is 67.5 Å². The average Bonchev–Trinajstić information content (AvgIpc) is 3.09. The molecular formula is C15H22N6O2. The van der Waals surface area contributed by atoms with Crippen LogP contribution in [0.15, 0.2) is 6.33 Å². The summed E-state index contributed by atoms with van der Waals surface area (Å²) in [5, 5.41) is 11.1. The molecule has 124 valence electrons. The molecule has 3 aliphatic heterocycles. The molecule has 0 aliphatic carbocycles. The fourth-order valence-corrected chi connectivity index (χ4v) is 4.51. The van der Waals surface area contributed by atoms with Crippen LogP contribution < -0.4 is 0 Å². The van der Waals surface area contributed by atoms with E-state index in [1.807, 2.05) is 11.8 Å². The Morgan fingerprint density at radius 3 is 3.00 bits per heavy atom. The van der Waals surface area contributed by atoms with Crippen molar-refractivity contribution in [2.45, 2.75) is 44.7 Å². The SMILES string of the molecule is C[C@@H](C(=O)N1C[C@H]2C[C@@H](C1)[C@@H]1CCCC(=O)N1C2)n1cnnn1. The van der Waals surface area contributed by atoms with Gasteiger partial charge in [0, 0.05) is 32.1 Å². The van der Waals surface area contributed by atoms with Crippen LogP contribution in [0.3, 0.4) is 0 Å². The van der Waals surface area contributed by atoms with E-state index in [-0.39, 0.29) is 11.9 Å². The van der Waals surface area contributed by atoms with Gasteiger partial charge in [-0.25, -0.2) is 4.68 Å². The van der Waals surface area contributed by atoms with Crippen molar-refractivity contribution >= 4 is 11.8 Å². The second kappa shape index (κ2) is 5.58. The molecule has 8 heteroatoms. The molecule has 0 unspecified atom stereocenters. The van der Waals surface area contributed by atoms with Crippen LogP contribution in [-0.2, 0) is 9.59 Å². The lowest BCUT2D eigenvalue weighted by Gasteiger charge is -2.52. The van der Waals surface area contributed by atoms with Crippen molar-refractivity contribution in [2.24, 2.45) is 11.8 Å². The van der Waals surface area contributed by atoms with Crippen LogP contribution in [0.2, 0.25) is 0 Å². The third kappa shape index (κ3) is 2.49. The molecule has 4 atom stereocenters. The number of amides is 2. The third-order valence-corrected chi connectivity index (χ3v) is 5.61. The fourth-order valence-electron chi connectivity index (χ4n) is 4.51. The van der Waals surface area contributed by atoms with Gasteiger partial charge in [-0.15, -0.1) is 5.10 Å². The van der Waals surface area contributed by atoms with Gasteiger partial charge in [-0.2, -0.15) is 0 Å². The maximum absolute atomic E-state index is 12.8. The van der Waals surface area contributed by atoms with Gasteiger partial charge in [0.1, 0.15) is 12.4 Å². The van der Waals surface area contributed by atoms with Gasteiger partial charge in [-0.05, 0) is 48.4 Å². The molecule has 0 spiro atoms. The average molecular weight is 318 g/mol. The largest absolute Gasteiger partial charge is 0.340 e. The van der Waals surface area contributed by atoms with Gasteiger partial charge in [0.15, 0.2) is 0 Å². The number of hydrogen-bond donors (Lipinski definition) is 0. The van der Waals surface area contributed by atoms with Crippen molar-refractivity contribution in [1.29, 1.82) is 0 Å². The summed E-state index contributed by atoms with van der Waals surface area (Å²) >= 11 is 0. The van der Waals surface area contributed by atoms with E-state index in [0.717, 1.165) is 38.9 Å². The lowest BCUT2D eigenvalue weighted by atomic mass is 9.76. The van der Waals surface area contributed by atoms with Crippen LogP contribution in [0.25, 0.3) is 0 Å². The summed E-state index contributed by atoms with van der Waals surface area (Å²) in [6.45, 7) is 4.12. The number of piperidine rings is 3. The molecule has 23 heavy (non-hydrogen) atoms. The first-order valence-corrected chi connectivity index (χ1v) is 8.44. The summed E-state index contributed by atoms with van der Waals surface area (Å²) < 4.78 is 1.50. The molecule has 2 bridgehead atoms. The molecule has 8 nitrogen and oxygen atoms in total. The Labute approximate surface area is 134 Å². The zero-order valence-corrected chi connectivity index (χ0v) is 13.3. The normalized spacial score (nSPS) is 31.7. The molecular weight excluding hydrogens is 296 g/mol. The number of carbonyl (C=O) groups excluding carboxylic acids is 2. The molecule has 2 amide bonds. The number of hydrogen-bond acceptors (Lipinski definition) is 5. The number of aromatic nitrogens is 4. The third-order valence-electron chi connectivity index (χ3n) is 5.61. The topological polar surface area (TPSA) is 84.2 Å². The number of fused-ring (bicyclic) bond motifs is 4. The van der Waals surface area contributed by atoms with Crippen molar-refractivity contribution in [1.82, 2.24) is 30.0 Å². The van der Waals surface area contributed by atoms with Crippen LogP contribution in [0.4, 0.5) is 0 Å². The number of likely N-dealkylation sites (tertiary alicyclic amines) is 1. The van der Waals surface area contributed by atoms with Gasteiger partial charge < -0.3 is 9.80 Å². The zero-order valence-electron chi connectivity index (χ0n) is 13.3.